The van der Waals surface area contributed by atoms with E-state index in [9.17, 15) is 4.79 Å². The van der Waals surface area contributed by atoms with Crippen LogP contribution < -0.4 is 0 Å². The number of carbonyl (C=O) groups excluding carboxylic acids is 1. The van der Waals surface area contributed by atoms with Crippen LogP contribution in [0.15, 0.2) is 0 Å². The van der Waals surface area contributed by atoms with Crippen molar-refractivity contribution in [1.29, 1.82) is 0 Å². The Balaban J connectivity index is 2.19. The number of hydrogen-bond acceptors (Lipinski definition) is 5. The molecule has 18 heavy (non-hydrogen) atoms. The molecule has 0 bridgehead atoms. The summed E-state index contributed by atoms with van der Waals surface area (Å²) in [7, 11) is 0. The summed E-state index contributed by atoms with van der Waals surface area (Å²) >= 11 is 0. The third-order valence-electron chi connectivity index (χ3n) is 2.88. The summed E-state index contributed by atoms with van der Waals surface area (Å²) in [6, 6.07) is 0. The van der Waals surface area contributed by atoms with Gasteiger partial charge >= 0.3 is 0 Å². The molecule has 0 spiro atoms. The lowest BCUT2D eigenvalue weighted by Crippen LogP contribution is -2.53. The standard InChI is InChI=1S/C13H18O5/c1-6-9-11(18-13(4,5)16-9)10-8(14)7-15-12(2,3)17-10/h1,9-11H,7H2,2-5H3/t9-,10?,11-/m0/s1. The lowest BCUT2D eigenvalue weighted by Gasteiger charge is -2.37. The third-order valence-corrected chi connectivity index (χ3v) is 2.88. The number of ether oxygens (including phenoxy) is 4. The Labute approximate surface area is 107 Å². The molecule has 2 aliphatic rings. The summed E-state index contributed by atoms with van der Waals surface area (Å²) in [5, 5.41) is 0. The maximum atomic E-state index is 11.9. The Morgan fingerprint density at radius 3 is 2.44 bits per heavy atom. The molecule has 100 valence electrons. The first kappa shape index (κ1) is 13.5. The fourth-order valence-corrected chi connectivity index (χ4v) is 2.12. The van der Waals surface area contributed by atoms with Crippen LogP contribution in [0.1, 0.15) is 27.7 Å². The van der Waals surface area contributed by atoms with Crippen molar-refractivity contribution in [3.8, 4) is 12.3 Å². The molecule has 0 aromatic carbocycles. The molecule has 2 aliphatic heterocycles. The van der Waals surface area contributed by atoms with Gasteiger partial charge in [-0.05, 0) is 27.7 Å². The highest BCUT2D eigenvalue weighted by atomic mass is 16.8. The first-order valence-electron chi connectivity index (χ1n) is 5.90. The van der Waals surface area contributed by atoms with Crippen molar-refractivity contribution in [3.63, 3.8) is 0 Å². The molecule has 0 aliphatic carbocycles. The van der Waals surface area contributed by atoms with E-state index in [1.54, 1.807) is 27.7 Å². The Morgan fingerprint density at radius 2 is 1.83 bits per heavy atom. The van der Waals surface area contributed by atoms with E-state index in [0.29, 0.717) is 0 Å². The zero-order valence-corrected chi connectivity index (χ0v) is 11.1. The SMILES string of the molecule is C#C[C@@H]1OC(C)(C)O[C@@H]1C1OC(C)(C)OCC1=O. The van der Waals surface area contributed by atoms with E-state index in [0.717, 1.165) is 0 Å². The Bertz CT molecular complexity index is 393. The minimum Gasteiger partial charge on any atom is -0.343 e. The largest absolute Gasteiger partial charge is 0.343 e. The summed E-state index contributed by atoms with van der Waals surface area (Å²) in [6.07, 6.45) is 3.47. The van der Waals surface area contributed by atoms with Crippen molar-refractivity contribution in [1.82, 2.24) is 0 Å². The van der Waals surface area contributed by atoms with Gasteiger partial charge in [-0.3, -0.25) is 4.79 Å². The third kappa shape index (κ3) is 2.57. The maximum Gasteiger partial charge on any atom is 0.190 e. The molecule has 0 aromatic heterocycles. The Hall–Kier alpha value is -0.930. The predicted octanol–water partition coefficient (Wildman–Crippen LogP) is 0.860. The van der Waals surface area contributed by atoms with Crippen LogP contribution in [0.25, 0.3) is 0 Å². The molecule has 0 radical (unpaired) electrons. The molecule has 0 saturated carbocycles. The molecule has 3 atom stereocenters. The van der Waals surface area contributed by atoms with Gasteiger partial charge in [0.05, 0.1) is 0 Å². The Kier molecular flexibility index (Phi) is 3.24. The van der Waals surface area contributed by atoms with Gasteiger partial charge in [-0.15, -0.1) is 6.42 Å². The van der Waals surface area contributed by atoms with Gasteiger partial charge in [-0.2, -0.15) is 0 Å². The fraction of sp³-hybridized carbons (Fsp3) is 0.769. The number of Topliss-reactive ketones (excluding diaryl/α,β-unsaturated/α-hetero) is 1. The van der Waals surface area contributed by atoms with E-state index in [2.05, 4.69) is 5.92 Å². The second kappa shape index (κ2) is 4.32. The van der Waals surface area contributed by atoms with E-state index in [1.807, 2.05) is 0 Å². The summed E-state index contributed by atoms with van der Waals surface area (Å²) in [5.74, 6) is 0.678. The molecular formula is C13H18O5. The van der Waals surface area contributed by atoms with Crippen LogP contribution in [0.3, 0.4) is 0 Å². The molecule has 1 unspecified atom stereocenters. The van der Waals surface area contributed by atoms with E-state index in [1.165, 1.54) is 0 Å². The normalized spacial score (nSPS) is 38.4. The van der Waals surface area contributed by atoms with E-state index in [-0.39, 0.29) is 12.4 Å². The molecule has 0 aromatic rings. The average molecular weight is 254 g/mol. The quantitative estimate of drug-likeness (QED) is 0.650. The number of hydrogen-bond donors (Lipinski definition) is 0. The van der Waals surface area contributed by atoms with Crippen molar-refractivity contribution < 1.29 is 23.7 Å². The van der Waals surface area contributed by atoms with Gasteiger partial charge in [0.25, 0.3) is 0 Å². The van der Waals surface area contributed by atoms with Gasteiger partial charge in [0.15, 0.2) is 29.6 Å². The highest BCUT2D eigenvalue weighted by molar-refractivity contribution is 5.85. The number of carbonyl (C=O) groups is 1. The molecule has 5 nitrogen and oxygen atoms in total. The van der Waals surface area contributed by atoms with Crippen LogP contribution in [-0.4, -0.2) is 42.3 Å². The molecule has 2 saturated heterocycles. The van der Waals surface area contributed by atoms with Crippen LogP contribution >= 0.6 is 0 Å². The van der Waals surface area contributed by atoms with Gasteiger partial charge in [-0.25, -0.2) is 0 Å². The molecule has 2 heterocycles. The molecule has 0 N–H and O–H groups in total. The summed E-state index contributed by atoms with van der Waals surface area (Å²) in [5.41, 5.74) is 0. The maximum absolute atomic E-state index is 11.9. The molecule has 2 fully saturated rings. The number of terminal acetylenes is 1. The zero-order chi connectivity index (χ0) is 13.6. The monoisotopic (exact) mass is 254 g/mol. The van der Waals surface area contributed by atoms with Crippen LogP contribution in [0.5, 0.6) is 0 Å². The summed E-state index contributed by atoms with van der Waals surface area (Å²) in [6.45, 7) is 7.00. The van der Waals surface area contributed by atoms with Gasteiger partial charge in [0, 0.05) is 0 Å². The van der Waals surface area contributed by atoms with Crippen molar-refractivity contribution in [3.05, 3.63) is 0 Å². The highest BCUT2D eigenvalue weighted by Gasteiger charge is 2.50. The first-order chi connectivity index (χ1) is 8.24. The lowest BCUT2D eigenvalue weighted by molar-refractivity contribution is -0.275. The minimum atomic E-state index is -0.826. The van der Waals surface area contributed by atoms with Gasteiger partial charge in [-0.1, -0.05) is 5.92 Å². The molecule has 2 rings (SSSR count). The highest BCUT2D eigenvalue weighted by Crippen LogP contribution is 2.34. The van der Waals surface area contributed by atoms with E-state index >= 15 is 0 Å². The topological polar surface area (TPSA) is 54.0 Å². The van der Waals surface area contributed by atoms with E-state index in [4.69, 9.17) is 25.4 Å². The van der Waals surface area contributed by atoms with Gasteiger partial charge < -0.3 is 18.9 Å². The van der Waals surface area contributed by atoms with Crippen LogP contribution in [-0.2, 0) is 23.7 Å². The van der Waals surface area contributed by atoms with Gasteiger partial charge in [0.1, 0.15) is 12.7 Å². The summed E-state index contributed by atoms with van der Waals surface area (Å²) in [4.78, 5) is 11.9. The predicted molar refractivity (Wildman–Crippen MR) is 62.6 cm³/mol. The van der Waals surface area contributed by atoms with E-state index < -0.39 is 29.9 Å². The second-order valence-electron chi connectivity index (χ2n) is 5.38. The van der Waals surface area contributed by atoms with Crippen LogP contribution in [0, 0.1) is 12.3 Å². The van der Waals surface area contributed by atoms with Crippen LogP contribution in [0.2, 0.25) is 0 Å². The van der Waals surface area contributed by atoms with Crippen molar-refractivity contribution in [2.45, 2.75) is 57.6 Å². The van der Waals surface area contributed by atoms with Crippen molar-refractivity contribution >= 4 is 5.78 Å². The summed E-state index contributed by atoms with van der Waals surface area (Å²) < 4.78 is 22.1. The molecule has 0 amide bonds. The lowest BCUT2D eigenvalue weighted by atomic mass is 10.0. The number of ketones is 1. The Morgan fingerprint density at radius 1 is 1.17 bits per heavy atom. The molecule has 5 heteroatoms. The molecular weight excluding hydrogens is 236 g/mol. The first-order valence-corrected chi connectivity index (χ1v) is 5.90. The number of rotatable bonds is 1. The second-order valence-corrected chi connectivity index (χ2v) is 5.38. The average Bonchev–Trinajstić information content (AvgIpc) is 2.57. The fourth-order valence-electron chi connectivity index (χ4n) is 2.12. The minimum absolute atomic E-state index is 0.00472. The van der Waals surface area contributed by atoms with Gasteiger partial charge in [0.2, 0.25) is 0 Å². The van der Waals surface area contributed by atoms with Crippen molar-refractivity contribution in [2.75, 3.05) is 6.61 Å². The smallest absolute Gasteiger partial charge is 0.190 e. The zero-order valence-electron chi connectivity index (χ0n) is 11.1. The van der Waals surface area contributed by atoms with Crippen molar-refractivity contribution in [2.24, 2.45) is 0 Å². The van der Waals surface area contributed by atoms with Crippen LogP contribution in [0.4, 0.5) is 0 Å².